The number of benzene rings is 2. The van der Waals surface area contributed by atoms with Crippen molar-refractivity contribution >= 4 is 23.9 Å². The second-order valence-corrected chi connectivity index (χ2v) is 7.33. The molecule has 31 heavy (non-hydrogen) atoms. The molecule has 4 atom stereocenters. The highest BCUT2D eigenvalue weighted by atomic mass is 16.5. The summed E-state index contributed by atoms with van der Waals surface area (Å²) in [5, 5.41) is 13.4. The molecule has 0 bridgehead atoms. The van der Waals surface area contributed by atoms with Gasteiger partial charge in [-0.3, -0.25) is 14.9 Å². The number of carbonyl (C=O) groups excluding carboxylic acids is 3. The minimum Gasteiger partial charge on any atom is -0.496 e. The number of carboxylic acids is 1. The van der Waals surface area contributed by atoms with Crippen LogP contribution in [0.4, 0.5) is 4.79 Å². The van der Waals surface area contributed by atoms with Crippen molar-refractivity contribution in [2.45, 2.75) is 11.6 Å². The van der Waals surface area contributed by atoms with Crippen molar-refractivity contribution in [3.8, 4) is 5.75 Å². The van der Waals surface area contributed by atoms with Gasteiger partial charge < -0.3 is 14.6 Å². The summed E-state index contributed by atoms with van der Waals surface area (Å²) in [7, 11) is 2.50. The highest BCUT2D eigenvalue weighted by molar-refractivity contribution is 6.18. The molecule has 2 saturated heterocycles. The molecular formula is C22H20N2O7. The maximum absolute atomic E-state index is 13.3. The van der Waals surface area contributed by atoms with Gasteiger partial charge in [-0.2, -0.15) is 4.90 Å². The van der Waals surface area contributed by atoms with E-state index in [1.165, 1.54) is 7.11 Å². The minimum atomic E-state index is -1.94. The van der Waals surface area contributed by atoms with Crippen LogP contribution in [0.15, 0.2) is 54.6 Å². The van der Waals surface area contributed by atoms with E-state index < -0.39 is 47.3 Å². The Hall–Kier alpha value is -3.72. The zero-order valence-electron chi connectivity index (χ0n) is 16.8. The summed E-state index contributed by atoms with van der Waals surface area (Å²) in [5.74, 6) is -5.17. The predicted molar refractivity (Wildman–Crippen MR) is 106 cm³/mol. The number of hydrogen-bond acceptors (Lipinski definition) is 7. The van der Waals surface area contributed by atoms with Crippen molar-refractivity contribution in [3.63, 3.8) is 0 Å². The van der Waals surface area contributed by atoms with Crippen LogP contribution in [0.25, 0.3) is 0 Å². The van der Waals surface area contributed by atoms with Gasteiger partial charge >= 0.3 is 12.1 Å². The second kappa shape index (κ2) is 7.51. The monoisotopic (exact) mass is 424 g/mol. The van der Waals surface area contributed by atoms with Crippen LogP contribution in [-0.2, 0) is 24.7 Å². The summed E-state index contributed by atoms with van der Waals surface area (Å²) in [5.41, 5.74) is -1.14. The number of ether oxygens (including phenoxy) is 2. The van der Waals surface area contributed by atoms with Crippen LogP contribution in [0.1, 0.15) is 17.2 Å². The molecule has 2 aliphatic rings. The number of likely N-dealkylation sites (tertiary alicyclic amines) is 1. The fraction of sp³-hybridized carbons (Fsp3) is 0.273. The van der Waals surface area contributed by atoms with Gasteiger partial charge in [-0.05, 0) is 11.6 Å². The largest absolute Gasteiger partial charge is 0.496 e. The lowest BCUT2D eigenvalue weighted by Gasteiger charge is -2.31. The molecule has 0 radical (unpaired) electrons. The molecule has 2 aromatic rings. The number of hydrogen-bond donors (Lipinski definition) is 2. The molecule has 2 fully saturated rings. The molecule has 2 aliphatic heterocycles. The number of nitrogens with zero attached hydrogens (tertiary/aromatic N) is 1. The fourth-order valence-corrected chi connectivity index (χ4v) is 4.66. The zero-order chi connectivity index (χ0) is 22.3. The Morgan fingerprint density at radius 3 is 2.26 bits per heavy atom. The average Bonchev–Trinajstić information content (AvgIpc) is 3.28. The Kier molecular flexibility index (Phi) is 4.98. The van der Waals surface area contributed by atoms with Gasteiger partial charge in [0, 0.05) is 11.6 Å². The first-order chi connectivity index (χ1) is 14.9. The lowest BCUT2D eigenvalue weighted by Crippen LogP contribution is -2.53. The summed E-state index contributed by atoms with van der Waals surface area (Å²) in [6.45, 7) is 0. The maximum Gasteiger partial charge on any atom is 0.423 e. The van der Waals surface area contributed by atoms with Crippen LogP contribution in [0, 0.1) is 11.8 Å². The molecule has 0 aliphatic carbocycles. The topological polar surface area (TPSA) is 122 Å². The third-order valence-electron chi connectivity index (χ3n) is 5.96. The quantitative estimate of drug-likeness (QED) is 0.711. The van der Waals surface area contributed by atoms with Crippen LogP contribution in [0.3, 0.4) is 0 Å². The molecule has 0 spiro atoms. The molecule has 4 rings (SSSR count). The molecule has 0 aromatic heterocycles. The molecule has 9 nitrogen and oxygen atoms in total. The van der Waals surface area contributed by atoms with Crippen LogP contribution >= 0.6 is 0 Å². The van der Waals surface area contributed by atoms with Crippen LogP contribution in [0.2, 0.25) is 0 Å². The number of rotatable bonds is 4. The standard InChI is InChI=1S/C22H20N2O7/c1-30-14-11-7-6-10-13(14)17-15-16(19(26)24(18(15)25)21(29)31-2)22(23-17,20(27)28)12-8-4-3-5-9-12/h3-11,15-17,23H,1-2H3,(H,27,28). The Balaban J connectivity index is 1.97. The normalized spacial score (nSPS) is 27.2. The third kappa shape index (κ3) is 2.81. The summed E-state index contributed by atoms with van der Waals surface area (Å²) in [6, 6.07) is 14.1. The van der Waals surface area contributed by atoms with Crippen LogP contribution in [0.5, 0.6) is 5.75 Å². The van der Waals surface area contributed by atoms with Gasteiger partial charge in [0.25, 0.3) is 0 Å². The molecule has 0 saturated carbocycles. The average molecular weight is 424 g/mol. The number of para-hydroxylation sites is 1. The summed E-state index contributed by atoms with van der Waals surface area (Å²) in [6.07, 6.45) is -1.14. The third-order valence-corrected chi connectivity index (χ3v) is 5.96. The summed E-state index contributed by atoms with van der Waals surface area (Å²) < 4.78 is 10.0. The lowest BCUT2D eigenvalue weighted by molar-refractivity contribution is -0.151. The molecule has 9 heteroatoms. The number of carbonyl (C=O) groups is 4. The van der Waals surface area contributed by atoms with E-state index in [-0.39, 0.29) is 0 Å². The van der Waals surface area contributed by atoms with Crippen molar-refractivity contribution < 1.29 is 33.8 Å². The number of aliphatic carboxylic acids is 1. The summed E-state index contributed by atoms with van der Waals surface area (Å²) >= 11 is 0. The van der Waals surface area contributed by atoms with E-state index in [2.05, 4.69) is 10.1 Å². The van der Waals surface area contributed by atoms with Crippen molar-refractivity contribution in [3.05, 3.63) is 65.7 Å². The van der Waals surface area contributed by atoms with Crippen molar-refractivity contribution in [1.29, 1.82) is 0 Å². The number of carboxylic acid groups (broad SMARTS) is 1. The van der Waals surface area contributed by atoms with Gasteiger partial charge in [-0.15, -0.1) is 0 Å². The van der Waals surface area contributed by atoms with E-state index in [0.29, 0.717) is 21.8 Å². The summed E-state index contributed by atoms with van der Waals surface area (Å²) in [4.78, 5) is 51.9. The Labute approximate surface area is 177 Å². The lowest BCUT2D eigenvalue weighted by atomic mass is 9.75. The van der Waals surface area contributed by atoms with Gasteiger partial charge in [-0.1, -0.05) is 48.5 Å². The zero-order valence-corrected chi connectivity index (χ0v) is 16.8. The van der Waals surface area contributed by atoms with E-state index in [4.69, 9.17) is 4.74 Å². The number of nitrogens with one attached hydrogen (secondary N) is 1. The van der Waals surface area contributed by atoms with Crippen molar-refractivity contribution in [1.82, 2.24) is 10.2 Å². The fourth-order valence-electron chi connectivity index (χ4n) is 4.66. The highest BCUT2D eigenvalue weighted by Crippen LogP contribution is 2.54. The molecule has 3 amide bonds. The first kappa shape index (κ1) is 20.5. The number of amides is 3. The number of fused-ring (bicyclic) bond motifs is 1. The predicted octanol–water partition coefficient (Wildman–Crippen LogP) is 1.69. The van der Waals surface area contributed by atoms with Gasteiger partial charge in [0.05, 0.1) is 26.1 Å². The number of methoxy groups -OCH3 is 2. The van der Waals surface area contributed by atoms with Gasteiger partial charge in [-0.25, -0.2) is 9.59 Å². The first-order valence-corrected chi connectivity index (χ1v) is 9.53. The van der Waals surface area contributed by atoms with E-state index >= 15 is 0 Å². The van der Waals surface area contributed by atoms with E-state index in [1.807, 2.05) is 0 Å². The Morgan fingerprint density at radius 2 is 1.65 bits per heavy atom. The first-order valence-electron chi connectivity index (χ1n) is 9.53. The molecule has 4 unspecified atom stereocenters. The molecule has 2 heterocycles. The highest BCUT2D eigenvalue weighted by Gasteiger charge is 2.70. The van der Waals surface area contributed by atoms with Gasteiger partial charge in [0.1, 0.15) is 5.75 Å². The molecule has 160 valence electrons. The number of imide groups is 3. The smallest absolute Gasteiger partial charge is 0.423 e. The SMILES string of the molecule is COC(=O)N1C(=O)C2C(c3ccccc3OC)NC(C(=O)O)(c3ccccc3)C2C1=O. The van der Waals surface area contributed by atoms with Crippen LogP contribution in [-0.4, -0.2) is 48.1 Å². The Bertz CT molecular complexity index is 1070. The Morgan fingerprint density at radius 1 is 1.00 bits per heavy atom. The maximum atomic E-state index is 13.3. The van der Waals surface area contributed by atoms with Crippen LogP contribution < -0.4 is 10.1 Å². The van der Waals surface area contributed by atoms with Crippen molar-refractivity contribution in [2.75, 3.05) is 14.2 Å². The molecule has 2 N–H and O–H groups in total. The van der Waals surface area contributed by atoms with E-state index in [1.54, 1.807) is 54.6 Å². The molecular weight excluding hydrogens is 404 g/mol. The molecule has 2 aromatic carbocycles. The second-order valence-electron chi connectivity index (χ2n) is 7.33. The van der Waals surface area contributed by atoms with Gasteiger partial charge in [0.2, 0.25) is 11.8 Å². The van der Waals surface area contributed by atoms with Crippen molar-refractivity contribution in [2.24, 2.45) is 11.8 Å². The minimum absolute atomic E-state index is 0.294. The van der Waals surface area contributed by atoms with Gasteiger partial charge in [0.15, 0.2) is 5.54 Å². The van der Waals surface area contributed by atoms with E-state index in [9.17, 15) is 24.3 Å². The van der Waals surface area contributed by atoms with E-state index in [0.717, 1.165) is 7.11 Å².